The molecule has 3 unspecified atom stereocenters. The fourth-order valence-electron chi connectivity index (χ4n) is 4.19. The first-order valence-electron chi connectivity index (χ1n) is 7.76. The van der Waals surface area contributed by atoms with Crippen LogP contribution in [0.4, 0.5) is 0 Å². The van der Waals surface area contributed by atoms with Crippen molar-refractivity contribution < 1.29 is 4.79 Å². The van der Waals surface area contributed by atoms with E-state index in [2.05, 4.69) is 17.6 Å². The van der Waals surface area contributed by atoms with Crippen molar-refractivity contribution in [2.45, 2.75) is 57.9 Å². The minimum atomic E-state index is 0. The van der Waals surface area contributed by atoms with E-state index in [1.54, 1.807) is 0 Å². The van der Waals surface area contributed by atoms with E-state index in [1.807, 2.05) is 0 Å². The first-order valence-corrected chi connectivity index (χ1v) is 7.76. The number of amides is 1. The van der Waals surface area contributed by atoms with Crippen molar-refractivity contribution >= 4 is 18.3 Å². The highest BCUT2D eigenvalue weighted by Gasteiger charge is 2.57. The second-order valence-corrected chi connectivity index (χ2v) is 6.58. The first kappa shape index (κ1) is 15.1. The Hall–Kier alpha value is -0.280. The van der Waals surface area contributed by atoms with E-state index in [1.165, 1.54) is 38.5 Å². The van der Waals surface area contributed by atoms with Gasteiger partial charge in [-0.05, 0) is 56.5 Å². The van der Waals surface area contributed by atoms with Gasteiger partial charge in [-0.25, -0.2) is 0 Å². The molecule has 0 aromatic carbocycles. The van der Waals surface area contributed by atoms with E-state index >= 15 is 0 Å². The van der Waals surface area contributed by atoms with Gasteiger partial charge in [-0.3, -0.25) is 4.79 Å². The molecule has 1 saturated heterocycles. The number of nitrogens with one attached hydrogen (secondary N) is 2. The summed E-state index contributed by atoms with van der Waals surface area (Å²) in [4.78, 5) is 12.4. The molecule has 0 bridgehead atoms. The molecule has 1 heterocycles. The standard InChI is InChI=1S/C15H26N2O.ClH/c1-2-11-4-3-5-13(11)17-14(18)12-10-15(12)6-8-16-9-7-15;/h11-13,16H,2-10H2,1H3,(H,17,18);1H. The predicted molar refractivity (Wildman–Crippen MR) is 79.5 cm³/mol. The molecule has 1 amide bonds. The summed E-state index contributed by atoms with van der Waals surface area (Å²) in [5.74, 6) is 1.43. The topological polar surface area (TPSA) is 41.1 Å². The van der Waals surface area contributed by atoms with Crippen LogP contribution in [-0.2, 0) is 4.79 Å². The smallest absolute Gasteiger partial charge is 0.223 e. The second kappa shape index (κ2) is 6.01. The van der Waals surface area contributed by atoms with E-state index in [0.29, 0.717) is 23.3 Å². The van der Waals surface area contributed by atoms with E-state index in [0.717, 1.165) is 25.4 Å². The Bertz CT molecular complexity index is 328. The molecule has 2 N–H and O–H groups in total. The van der Waals surface area contributed by atoms with Crippen LogP contribution in [0, 0.1) is 17.3 Å². The summed E-state index contributed by atoms with van der Waals surface area (Å²) in [6.45, 7) is 4.45. The van der Waals surface area contributed by atoms with Gasteiger partial charge in [0.05, 0.1) is 0 Å². The van der Waals surface area contributed by atoms with Crippen LogP contribution in [0.3, 0.4) is 0 Å². The van der Waals surface area contributed by atoms with E-state index < -0.39 is 0 Å². The number of hydrogen-bond donors (Lipinski definition) is 2. The molecule has 3 rings (SSSR count). The second-order valence-electron chi connectivity index (χ2n) is 6.58. The average molecular weight is 287 g/mol. The van der Waals surface area contributed by atoms with Crippen molar-refractivity contribution in [3.05, 3.63) is 0 Å². The van der Waals surface area contributed by atoms with Crippen LogP contribution in [0.5, 0.6) is 0 Å². The Balaban J connectivity index is 0.00000133. The summed E-state index contributed by atoms with van der Waals surface area (Å²) < 4.78 is 0. The average Bonchev–Trinajstić information content (AvgIpc) is 2.89. The lowest BCUT2D eigenvalue weighted by Crippen LogP contribution is -2.40. The lowest BCUT2D eigenvalue weighted by Gasteiger charge is -2.24. The first-order chi connectivity index (χ1) is 8.75. The van der Waals surface area contributed by atoms with Crippen LogP contribution in [-0.4, -0.2) is 25.0 Å². The van der Waals surface area contributed by atoms with Crippen LogP contribution in [0.15, 0.2) is 0 Å². The van der Waals surface area contributed by atoms with E-state index in [4.69, 9.17) is 0 Å². The molecule has 2 saturated carbocycles. The Kier molecular flexibility index (Phi) is 4.78. The van der Waals surface area contributed by atoms with Gasteiger partial charge in [-0.1, -0.05) is 19.8 Å². The Morgan fingerprint density at radius 3 is 2.74 bits per heavy atom. The number of carbonyl (C=O) groups excluding carboxylic acids is 1. The van der Waals surface area contributed by atoms with Gasteiger partial charge in [0, 0.05) is 12.0 Å². The molecule has 1 aliphatic heterocycles. The molecular formula is C15H27ClN2O. The van der Waals surface area contributed by atoms with Gasteiger partial charge in [0.15, 0.2) is 0 Å². The molecule has 3 fully saturated rings. The molecular weight excluding hydrogens is 260 g/mol. The zero-order chi connectivity index (χ0) is 12.6. The Labute approximate surface area is 122 Å². The van der Waals surface area contributed by atoms with E-state index in [9.17, 15) is 4.79 Å². The fraction of sp³-hybridized carbons (Fsp3) is 0.933. The van der Waals surface area contributed by atoms with Gasteiger partial charge in [-0.15, -0.1) is 12.4 Å². The summed E-state index contributed by atoms with van der Waals surface area (Å²) in [5.41, 5.74) is 0.385. The monoisotopic (exact) mass is 286 g/mol. The van der Waals surface area contributed by atoms with Crippen molar-refractivity contribution in [3.63, 3.8) is 0 Å². The zero-order valence-electron chi connectivity index (χ0n) is 11.9. The highest BCUT2D eigenvalue weighted by molar-refractivity contribution is 5.85. The number of carbonyl (C=O) groups is 1. The van der Waals surface area contributed by atoms with Crippen molar-refractivity contribution in [2.75, 3.05) is 13.1 Å². The van der Waals surface area contributed by atoms with Crippen LogP contribution < -0.4 is 10.6 Å². The van der Waals surface area contributed by atoms with Crippen molar-refractivity contribution in [2.24, 2.45) is 17.3 Å². The molecule has 3 aliphatic rings. The van der Waals surface area contributed by atoms with Gasteiger partial charge in [-0.2, -0.15) is 0 Å². The summed E-state index contributed by atoms with van der Waals surface area (Å²) >= 11 is 0. The Morgan fingerprint density at radius 1 is 1.32 bits per heavy atom. The predicted octanol–water partition coefficient (Wildman–Crippen LogP) is 2.49. The van der Waals surface area contributed by atoms with Gasteiger partial charge in [0.2, 0.25) is 5.91 Å². The largest absolute Gasteiger partial charge is 0.353 e. The lowest BCUT2D eigenvalue weighted by atomic mass is 9.91. The number of rotatable bonds is 3. The summed E-state index contributed by atoms with van der Waals surface area (Å²) in [6.07, 6.45) is 8.56. The van der Waals surface area contributed by atoms with Gasteiger partial charge in [0.1, 0.15) is 0 Å². The maximum atomic E-state index is 12.4. The van der Waals surface area contributed by atoms with Crippen LogP contribution in [0.25, 0.3) is 0 Å². The highest BCUT2D eigenvalue weighted by Crippen LogP contribution is 2.58. The maximum Gasteiger partial charge on any atom is 0.223 e. The van der Waals surface area contributed by atoms with E-state index in [-0.39, 0.29) is 12.4 Å². The highest BCUT2D eigenvalue weighted by atomic mass is 35.5. The van der Waals surface area contributed by atoms with Crippen LogP contribution in [0.2, 0.25) is 0 Å². The number of hydrogen-bond acceptors (Lipinski definition) is 2. The summed E-state index contributed by atoms with van der Waals surface area (Å²) in [5, 5.41) is 6.75. The Morgan fingerprint density at radius 2 is 2.05 bits per heavy atom. The van der Waals surface area contributed by atoms with Crippen molar-refractivity contribution in [1.29, 1.82) is 0 Å². The molecule has 3 atom stereocenters. The van der Waals surface area contributed by atoms with Crippen LogP contribution in [0.1, 0.15) is 51.9 Å². The third-order valence-electron chi connectivity index (χ3n) is 5.62. The molecule has 19 heavy (non-hydrogen) atoms. The molecule has 2 aliphatic carbocycles. The molecule has 0 aromatic heterocycles. The number of piperidine rings is 1. The molecule has 0 radical (unpaired) electrons. The van der Waals surface area contributed by atoms with Crippen molar-refractivity contribution in [3.8, 4) is 0 Å². The van der Waals surface area contributed by atoms with Gasteiger partial charge < -0.3 is 10.6 Å². The molecule has 4 heteroatoms. The third-order valence-corrected chi connectivity index (χ3v) is 5.62. The fourth-order valence-corrected chi connectivity index (χ4v) is 4.19. The molecule has 3 nitrogen and oxygen atoms in total. The lowest BCUT2D eigenvalue weighted by molar-refractivity contribution is -0.124. The molecule has 1 spiro atoms. The van der Waals surface area contributed by atoms with Gasteiger partial charge >= 0.3 is 0 Å². The van der Waals surface area contributed by atoms with Crippen LogP contribution >= 0.6 is 12.4 Å². The number of halogens is 1. The zero-order valence-corrected chi connectivity index (χ0v) is 12.7. The normalized spacial score (nSPS) is 35.7. The SMILES string of the molecule is CCC1CCCC1NC(=O)C1CC12CCNCC2.Cl. The van der Waals surface area contributed by atoms with Gasteiger partial charge in [0.25, 0.3) is 0 Å². The minimum Gasteiger partial charge on any atom is -0.353 e. The molecule has 110 valence electrons. The summed E-state index contributed by atoms with van der Waals surface area (Å²) in [6, 6.07) is 0.474. The molecule has 0 aromatic rings. The third kappa shape index (κ3) is 2.92. The van der Waals surface area contributed by atoms with Crippen molar-refractivity contribution in [1.82, 2.24) is 10.6 Å². The quantitative estimate of drug-likeness (QED) is 0.837. The minimum absolute atomic E-state index is 0. The maximum absolute atomic E-state index is 12.4. The summed E-state index contributed by atoms with van der Waals surface area (Å²) in [7, 11) is 0.